The number of rotatable bonds is 6. The lowest BCUT2D eigenvalue weighted by Gasteiger charge is -2.35. The molecule has 1 aromatic heterocycles. The van der Waals surface area contributed by atoms with Crippen molar-refractivity contribution in [1.82, 2.24) is 15.0 Å². The maximum atomic E-state index is 13.5. The molecule has 0 aliphatic carbocycles. The highest BCUT2D eigenvalue weighted by molar-refractivity contribution is 5.98. The Balaban J connectivity index is 1.93. The fourth-order valence-electron chi connectivity index (χ4n) is 3.17. The molecule has 7 nitrogen and oxygen atoms in total. The van der Waals surface area contributed by atoms with E-state index in [4.69, 9.17) is 14.0 Å². The van der Waals surface area contributed by atoms with Crippen LogP contribution in [0.3, 0.4) is 0 Å². The Kier molecular flexibility index (Phi) is 6.10. The van der Waals surface area contributed by atoms with Crippen molar-refractivity contribution in [2.75, 3.05) is 14.2 Å². The Labute approximate surface area is 176 Å². The standard InChI is InChI=1S/C23H27N3O4/c1-15-9-7-10-16(13-15)21-24-19(30-25-21)14-26(23(2,3)4)22(27)17-11-8-12-18(28-5)20(17)29-6/h7-13H,14H2,1-6H3. The fraction of sp³-hybridized carbons (Fsp3) is 0.348. The lowest BCUT2D eigenvalue weighted by Crippen LogP contribution is -2.45. The van der Waals surface area contributed by atoms with Crippen molar-refractivity contribution in [2.45, 2.75) is 39.8 Å². The second-order valence-corrected chi connectivity index (χ2v) is 7.98. The molecule has 0 atom stereocenters. The summed E-state index contributed by atoms with van der Waals surface area (Å²) in [6.07, 6.45) is 0. The first kappa shape index (κ1) is 21.4. The summed E-state index contributed by atoms with van der Waals surface area (Å²) in [5, 5.41) is 4.09. The van der Waals surface area contributed by atoms with Gasteiger partial charge < -0.3 is 18.9 Å². The number of hydrogen-bond donors (Lipinski definition) is 0. The number of carbonyl (C=O) groups is 1. The number of benzene rings is 2. The number of carbonyl (C=O) groups excluding carboxylic acids is 1. The van der Waals surface area contributed by atoms with Crippen LogP contribution in [0.1, 0.15) is 42.6 Å². The van der Waals surface area contributed by atoms with Crippen LogP contribution in [-0.4, -0.2) is 40.7 Å². The Morgan fingerprint density at radius 3 is 2.47 bits per heavy atom. The molecule has 0 aliphatic rings. The fourth-order valence-corrected chi connectivity index (χ4v) is 3.17. The van der Waals surface area contributed by atoms with Crippen LogP contribution in [0.4, 0.5) is 0 Å². The molecule has 0 fully saturated rings. The first-order valence-electron chi connectivity index (χ1n) is 9.67. The second-order valence-electron chi connectivity index (χ2n) is 7.98. The van der Waals surface area contributed by atoms with Gasteiger partial charge in [0.05, 0.1) is 19.8 Å². The number of ether oxygens (including phenoxy) is 2. The van der Waals surface area contributed by atoms with Crippen LogP contribution in [0.15, 0.2) is 47.0 Å². The minimum absolute atomic E-state index is 0.168. The highest BCUT2D eigenvalue weighted by atomic mass is 16.5. The third-order valence-electron chi connectivity index (χ3n) is 4.73. The average Bonchev–Trinajstić information content (AvgIpc) is 3.19. The predicted molar refractivity (Wildman–Crippen MR) is 114 cm³/mol. The van der Waals surface area contributed by atoms with E-state index in [0.29, 0.717) is 28.8 Å². The van der Waals surface area contributed by atoms with Gasteiger partial charge in [-0.3, -0.25) is 4.79 Å². The van der Waals surface area contributed by atoms with Crippen molar-refractivity contribution < 1.29 is 18.8 Å². The molecule has 3 rings (SSSR count). The van der Waals surface area contributed by atoms with Gasteiger partial charge in [-0.1, -0.05) is 35.0 Å². The van der Waals surface area contributed by atoms with Crippen LogP contribution in [0.25, 0.3) is 11.4 Å². The predicted octanol–water partition coefficient (Wildman–Crippen LogP) is 4.50. The van der Waals surface area contributed by atoms with E-state index in [1.54, 1.807) is 30.2 Å². The van der Waals surface area contributed by atoms with Crippen LogP contribution in [0.5, 0.6) is 11.5 Å². The van der Waals surface area contributed by atoms with Gasteiger partial charge in [0.2, 0.25) is 11.7 Å². The van der Waals surface area contributed by atoms with Crippen LogP contribution in [-0.2, 0) is 6.54 Å². The SMILES string of the molecule is COc1cccc(C(=O)N(Cc2nc(-c3cccc(C)c3)no2)C(C)(C)C)c1OC. The largest absolute Gasteiger partial charge is 0.493 e. The lowest BCUT2D eigenvalue weighted by molar-refractivity contribution is 0.0522. The molecule has 2 aromatic carbocycles. The summed E-state index contributed by atoms with van der Waals surface area (Å²) in [7, 11) is 3.06. The topological polar surface area (TPSA) is 77.7 Å². The molecule has 158 valence electrons. The zero-order valence-corrected chi connectivity index (χ0v) is 18.2. The van der Waals surface area contributed by atoms with Gasteiger partial charge in [0.25, 0.3) is 5.91 Å². The number of para-hydroxylation sites is 1. The van der Waals surface area contributed by atoms with E-state index in [1.807, 2.05) is 52.0 Å². The summed E-state index contributed by atoms with van der Waals surface area (Å²) < 4.78 is 16.2. The van der Waals surface area contributed by atoms with Gasteiger partial charge in [-0.05, 0) is 45.9 Å². The molecule has 0 unspecified atom stereocenters. The van der Waals surface area contributed by atoms with Gasteiger partial charge in [0, 0.05) is 11.1 Å². The molecule has 0 saturated carbocycles. The van der Waals surface area contributed by atoms with Gasteiger partial charge in [-0.15, -0.1) is 0 Å². The molecule has 0 saturated heterocycles. The molecule has 0 radical (unpaired) electrons. The molecule has 1 amide bonds. The third-order valence-corrected chi connectivity index (χ3v) is 4.73. The van der Waals surface area contributed by atoms with Crippen LogP contribution in [0.2, 0.25) is 0 Å². The highest BCUT2D eigenvalue weighted by Crippen LogP contribution is 2.33. The Morgan fingerprint density at radius 2 is 1.83 bits per heavy atom. The summed E-state index contributed by atoms with van der Waals surface area (Å²) in [5.74, 6) is 1.53. The molecule has 0 spiro atoms. The first-order chi connectivity index (χ1) is 14.2. The number of aromatic nitrogens is 2. The molecule has 0 aliphatic heterocycles. The van der Waals surface area contributed by atoms with Gasteiger partial charge >= 0.3 is 0 Å². The summed E-state index contributed by atoms with van der Waals surface area (Å²) in [4.78, 5) is 19.6. The quantitative estimate of drug-likeness (QED) is 0.596. The number of amides is 1. The van der Waals surface area contributed by atoms with Crippen LogP contribution in [0, 0.1) is 6.92 Å². The van der Waals surface area contributed by atoms with Crippen molar-refractivity contribution in [3.05, 3.63) is 59.5 Å². The van der Waals surface area contributed by atoms with E-state index in [2.05, 4.69) is 10.1 Å². The summed E-state index contributed by atoms with van der Waals surface area (Å²) in [6, 6.07) is 13.1. The maximum Gasteiger partial charge on any atom is 0.258 e. The number of nitrogens with zero attached hydrogens (tertiary/aromatic N) is 3. The zero-order valence-electron chi connectivity index (χ0n) is 18.2. The van der Waals surface area contributed by atoms with Crippen LogP contribution >= 0.6 is 0 Å². The van der Waals surface area contributed by atoms with Gasteiger partial charge in [-0.2, -0.15) is 4.98 Å². The van der Waals surface area contributed by atoms with Gasteiger partial charge in [0.15, 0.2) is 11.5 Å². The molecular weight excluding hydrogens is 382 g/mol. The van der Waals surface area contributed by atoms with Gasteiger partial charge in [-0.25, -0.2) is 0 Å². The smallest absolute Gasteiger partial charge is 0.258 e. The average molecular weight is 409 g/mol. The number of hydrogen-bond acceptors (Lipinski definition) is 6. The van der Waals surface area contributed by atoms with E-state index in [-0.39, 0.29) is 12.5 Å². The third kappa shape index (κ3) is 4.45. The van der Waals surface area contributed by atoms with Crippen molar-refractivity contribution >= 4 is 5.91 Å². The first-order valence-corrected chi connectivity index (χ1v) is 9.67. The molecule has 1 heterocycles. The van der Waals surface area contributed by atoms with E-state index in [1.165, 1.54) is 7.11 Å². The van der Waals surface area contributed by atoms with E-state index < -0.39 is 5.54 Å². The maximum absolute atomic E-state index is 13.5. The van der Waals surface area contributed by atoms with Crippen molar-refractivity contribution in [3.63, 3.8) is 0 Å². The second kappa shape index (κ2) is 8.57. The molecular formula is C23H27N3O4. The molecule has 3 aromatic rings. The summed E-state index contributed by atoms with van der Waals surface area (Å²) >= 11 is 0. The molecule has 30 heavy (non-hydrogen) atoms. The van der Waals surface area contributed by atoms with E-state index in [0.717, 1.165) is 11.1 Å². The molecule has 0 bridgehead atoms. The summed E-state index contributed by atoms with van der Waals surface area (Å²) in [5.41, 5.74) is 1.89. The molecule has 7 heteroatoms. The number of aryl methyl sites for hydroxylation is 1. The minimum atomic E-state index is -0.497. The summed E-state index contributed by atoms with van der Waals surface area (Å²) in [6.45, 7) is 8.04. The Hall–Kier alpha value is -3.35. The van der Waals surface area contributed by atoms with Crippen molar-refractivity contribution in [1.29, 1.82) is 0 Å². The number of methoxy groups -OCH3 is 2. The lowest BCUT2D eigenvalue weighted by atomic mass is 10.0. The minimum Gasteiger partial charge on any atom is -0.493 e. The normalized spacial score (nSPS) is 11.3. The monoisotopic (exact) mass is 409 g/mol. The molecule has 0 N–H and O–H groups in total. The zero-order chi connectivity index (χ0) is 21.9. The van der Waals surface area contributed by atoms with Gasteiger partial charge in [0.1, 0.15) is 6.54 Å². The van der Waals surface area contributed by atoms with Crippen molar-refractivity contribution in [3.8, 4) is 22.9 Å². The van der Waals surface area contributed by atoms with Crippen molar-refractivity contribution in [2.24, 2.45) is 0 Å². The Morgan fingerprint density at radius 1 is 1.10 bits per heavy atom. The van der Waals surface area contributed by atoms with Crippen LogP contribution < -0.4 is 9.47 Å². The van der Waals surface area contributed by atoms with E-state index in [9.17, 15) is 4.79 Å². The van der Waals surface area contributed by atoms with E-state index >= 15 is 0 Å². The Bertz CT molecular complexity index is 1040. The highest BCUT2D eigenvalue weighted by Gasteiger charge is 2.31.